The zero-order valence-corrected chi connectivity index (χ0v) is 16.0. The van der Waals surface area contributed by atoms with E-state index in [-0.39, 0.29) is 24.4 Å². The monoisotopic (exact) mass is 402 g/mol. The molecule has 2 amide bonds. The van der Waals surface area contributed by atoms with Crippen LogP contribution in [0, 0.1) is 5.92 Å². The van der Waals surface area contributed by atoms with Gasteiger partial charge in [-0.2, -0.15) is 0 Å². The highest BCUT2D eigenvalue weighted by atomic mass is 79.9. The Morgan fingerprint density at radius 2 is 1.76 bits per heavy atom. The molecule has 2 rings (SSSR count). The van der Waals surface area contributed by atoms with Crippen LogP contribution in [0.25, 0.3) is 0 Å². The number of nitrogens with one attached hydrogen (secondary N) is 2. The van der Waals surface area contributed by atoms with Gasteiger partial charge >= 0.3 is 0 Å². The summed E-state index contributed by atoms with van der Waals surface area (Å²) in [7, 11) is 0. The van der Waals surface area contributed by atoms with Crippen molar-refractivity contribution in [1.82, 2.24) is 10.6 Å². The zero-order valence-electron chi connectivity index (χ0n) is 14.5. The fourth-order valence-corrected chi connectivity index (χ4v) is 2.97. The summed E-state index contributed by atoms with van der Waals surface area (Å²) in [6, 6.07) is 16.9. The fourth-order valence-electron chi connectivity index (χ4n) is 2.57. The molecular formula is C20H23BrN2O2. The molecular weight excluding hydrogens is 380 g/mol. The van der Waals surface area contributed by atoms with Gasteiger partial charge in [-0.15, -0.1) is 0 Å². The van der Waals surface area contributed by atoms with Gasteiger partial charge in [0, 0.05) is 10.0 Å². The van der Waals surface area contributed by atoms with E-state index in [2.05, 4.69) is 40.4 Å². The number of hydrogen-bond donors (Lipinski definition) is 2. The number of hydrogen-bond acceptors (Lipinski definition) is 2. The maximum atomic E-state index is 12.3. The second-order valence-electron chi connectivity index (χ2n) is 6.35. The van der Waals surface area contributed by atoms with Crippen LogP contribution in [0.1, 0.15) is 42.2 Å². The van der Waals surface area contributed by atoms with E-state index in [4.69, 9.17) is 0 Å². The van der Waals surface area contributed by atoms with E-state index >= 15 is 0 Å². The summed E-state index contributed by atoms with van der Waals surface area (Å²) >= 11 is 3.33. The van der Waals surface area contributed by atoms with Gasteiger partial charge in [-0.3, -0.25) is 9.59 Å². The van der Waals surface area contributed by atoms with Crippen molar-refractivity contribution in [3.05, 3.63) is 70.2 Å². The number of carbonyl (C=O) groups is 2. The molecule has 2 N–H and O–H groups in total. The molecule has 2 aromatic carbocycles. The number of benzene rings is 2. The maximum absolute atomic E-state index is 12.3. The molecule has 1 unspecified atom stereocenters. The third kappa shape index (κ3) is 6.35. The summed E-state index contributed by atoms with van der Waals surface area (Å²) in [5.41, 5.74) is 1.59. The number of rotatable bonds is 7. The maximum Gasteiger partial charge on any atom is 0.251 e. The zero-order chi connectivity index (χ0) is 18.2. The van der Waals surface area contributed by atoms with Gasteiger partial charge < -0.3 is 10.6 Å². The Kier molecular flexibility index (Phi) is 7.19. The Morgan fingerprint density at radius 3 is 2.40 bits per heavy atom. The smallest absolute Gasteiger partial charge is 0.251 e. The highest BCUT2D eigenvalue weighted by Crippen LogP contribution is 2.20. The molecule has 0 aliphatic carbocycles. The van der Waals surface area contributed by atoms with E-state index in [1.807, 2.05) is 36.4 Å². The third-order valence-corrected chi connectivity index (χ3v) is 4.23. The van der Waals surface area contributed by atoms with Crippen LogP contribution in [-0.4, -0.2) is 18.4 Å². The van der Waals surface area contributed by atoms with Crippen molar-refractivity contribution in [2.45, 2.75) is 26.3 Å². The SMILES string of the molecule is CC(C)CC(NC(=O)CNC(=O)c1cccc(Br)c1)c1ccccc1. The van der Waals surface area contributed by atoms with Crippen molar-refractivity contribution in [3.8, 4) is 0 Å². The highest BCUT2D eigenvalue weighted by Gasteiger charge is 2.16. The van der Waals surface area contributed by atoms with Crippen LogP contribution in [0.3, 0.4) is 0 Å². The van der Waals surface area contributed by atoms with E-state index < -0.39 is 0 Å². The molecule has 4 nitrogen and oxygen atoms in total. The van der Waals surface area contributed by atoms with E-state index in [1.54, 1.807) is 18.2 Å². The van der Waals surface area contributed by atoms with E-state index in [0.29, 0.717) is 11.5 Å². The number of amides is 2. The summed E-state index contributed by atoms with van der Waals surface area (Å²) in [5, 5.41) is 5.68. The largest absolute Gasteiger partial charge is 0.348 e. The lowest BCUT2D eigenvalue weighted by molar-refractivity contribution is -0.121. The first kappa shape index (κ1) is 19.2. The van der Waals surface area contributed by atoms with Gasteiger partial charge in [0.05, 0.1) is 12.6 Å². The summed E-state index contributed by atoms with van der Waals surface area (Å²) in [6.45, 7) is 4.20. The first-order chi connectivity index (χ1) is 12.0. The average molecular weight is 403 g/mol. The number of carbonyl (C=O) groups excluding carboxylic acids is 2. The Labute approximate surface area is 157 Å². The van der Waals surface area contributed by atoms with Crippen LogP contribution >= 0.6 is 15.9 Å². The van der Waals surface area contributed by atoms with Crippen molar-refractivity contribution >= 4 is 27.7 Å². The molecule has 0 aliphatic rings. The Balaban J connectivity index is 1.93. The summed E-state index contributed by atoms with van der Waals surface area (Å²) in [5.74, 6) is -0.0174. The Hall–Kier alpha value is -2.14. The molecule has 0 saturated carbocycles. The third-order valence-electron chi connectivity index (χ3n) is 3.74. The standard InChI is InChI=1S/C20H23BrN2O2/c1-14(2)11-18(15-7-4-3-5-8-15)23-19(24)13-22-20(25)16-9-6-10-17(21)12-16/h3-10,12,14,18H,11,13H2,1-2H3,(H,22,25)(H,23,24). The van der Waals surface area contributed by atoms with Crippen LogP contribution in [0.5, 0.6) is 0 Å². The molecule has 1 atom stereocenters. The molecule has 5 heteroatoms. The summed E-state index contributed by atoms with van der Waals surface area (Å²) < 4.78 is 0.825. The van der Waals surface area contributed by atoms with E-state index in [1.165, 1.54) is 0 Å². The lowest BCUT2D eigenvalue weighted by Gasteiger charge is -2.21. The molecule has 132 valence electrons. The van der Waals surface area contributed by atoms with Gasteiger partial charge in [0.25, 0.3) is 5.91 Å². The molecule has 0 heterocycles. The molecule has 25 heavy (non-hydrogen) atoms. The van der Waals surface area contributed by atoms with Crippen molar-refractivity contribution in [2.24, 2.45) is 5.92 Å². The fraction of sp³-hybridized carbons (Fsp3) is 0.300. The molecule has 2 aromatic rings. The van der Waals surface area contributed by atoms with Gasteiger partial charge in [-0.25, -0.2) is 0 Å². The highest BCUT2D eigenvalue weighted by molar-refractivity contribution is 9.10. The predicted octanol–water partition coefficient (Wildman–Crippen LogP) is 4.08. The van der Waals surface area contributed by atoms with E-state index in [0.717, 1.165) is 16.5 Å². The lowest BCUT2D eigenvalue weighted by Crippen LogP contribution is -2.39. The van der Waals surface area contributed by atoms with Crippen LogP contribution in [-0.2, 0) is 4.79 Å². The average Bonchev–Trinajstić information content (AvgIpc) is 2.59. The molecule has 0 fully saturated rings. The van der Waals surface area contributed by atoms with Crippen LogP contribution < -0.4 is 10.6 Å². The van der Waals surface area contributed by atoms with Crippen molar-refractivity contribution in [2.75, 3.05) is 6.54 Å². The molecule has 0 aromatic heterocycles. The second-order valence-corrected chi connectivity index (χ2v) is 7.27. The summed E-state index contributed by atoms with van der Waals surface area (Å²) in [6.07, 6.45) is 0.843. The van der Waals surface area contributed by atoms with Crippen LogP contribution in [0.4, 0.5) is 0 Å². The molecule has 0 saturated heterocycles. The first-order valence-electron chi connectivity index (χ1n) is 8.33. The minimum absolute atomic E-state index is 0.0488. The first-order valence-corrected chi connectivity index (χ1v) is 9.13. The van der Waals surface area contributed by atoms with Crippen molar-refractivity contribution in [1.29, 1.82) is 0 Å². The number of halogens is 1. The van der Waals surface area contributed by atoms with Gasteiger partial charge in [-0.1, -0.05) is 66.2 Å². The topological polar surface area (TPSA) is 58.2 Å². The minimum atomic E-state index is -0.267. The van der Waals surface area contributed by atoms with Crippen LogP contribution in [0.2, 0.25) is 0 Å². The van der Waals surface area contributed by atoms with Crippen molar-refractivity contribution in [3.63, 3.8) is 0 Å². The Bertz CT molecular complexity index is 717. The van der Waals surface area contributed by atoms with Gasteiger partial charge in [0.15, 0.2) is 0 Å². The predicted molar refractivity (Wildman–Crippen MR) is 103 cm³/mol. The van der Waals surface area contributed by atoms with Gasteiger partial charge in [-0.05, 0) is 36.1 Å². The quantitative estimate of drug-likeness (QED) is 0.732. The minimum Gasteiger partial charge on any atom is -0.348 e. The van der Waals surface area contributed by atoms with Crippen molar-refractivity contribution < 1.29 is 9.59 Å². The summed E-state index contributed by atoms with van der Waals surface area (Å²) in [4.78, 5) is 24.4. The Morgan fingerprint density at radius 1 is 1.04 bits per heavy atom. The normalized spacial score (nSPS) is 11.8. The molecule has 0 radical (unpaired) electrons. The molecule has 0 bridgehead atoms. The van der Waals surface area contributed by atoms with Gasteiger partial charge in [0.1, 0.15) is 0 Å². The van der Waals surface area contributed by atoms with E-state index in [9.17, 15) is 9.59 Å². The van der Waals surface area contributed by atoms with Crippen LogP contribution in [0.15, 0.2) is 59.1 Å². The molecule has 0 spiro atoms. The lowest BCUT2D eigenvalue weighted by atomic mass is 9.97. The molecule has 0 aliphatic heterocycles. The second kappa shape index (κ2) is 9.37. The van der Waals surface area contributed by atoms with Gasteiger partial charge in [0.2, 0.25) is 5.91 Å².